The molecule has 0 bridgehead atoms. The Morgan fingerprint density at radius 1 is 1.16 bits per heavy atom. The average molecular weight is 647 g/mol. The van der Waals surface area contributed by atoms with Crippen molar-refractivity contribution in [3.8, 4) is 12.1 Å². The molecule has 1 aromatic heterocycles. The van der Waals surface area contributed by atoms with E-state index in [9.17, 15) is 27.6 Å². The van der Waals surface area contributed by atoms with Crippen molar-refractivity contribution in [1.82, 2.24) is 19.8 Å². The molecule has 6 rings (SSSR count). The van der Waals surface area contributed by atoms with Gasteiger partial charge in [-0.2, -0.15) is 28.4 Å². The van der Waals surface area contributed by atoms with Gasteiger partial charge in [-0.25, -0.2) is 4.39 Å². The van der Waals surface area contributed by atoms with Gasteiger partial charge in [-0.3, -0.25) is 9.69 Å². The van der Waals surface area contributed by atoms with Gasteiger partial charge in [-0.05, 0) is 68.7 Å². The van der Waals surface area contributed by atoms with Gasteiger partial charge in [0.25, 0.3) is 5.91 Å². The maximum atomic E-state index is 13.8. The molecule has 0 saturated carbocycles. The molecule has 4 aliphatic rings. The molecule has 0 unspecified atom stereocenters. The van der Waals surface area contributed by atoms with E-state index in [0.717, 1.165) is 41.1 Å². The van der Waals surface area contributed by atoms with Crippen molar-refractivity contribution in [3.63, 3.8) is 0 Å². The zero-order chi connectivity index (χ0) is 31.9. The number of ether oxygens (including phenoxy) is 1. The molecule has 8 nitrogen and oxygen atoms in total. The van der Waals surface area contributed by atoms with E-state index >= 15 is 0 Å². The van der Waals surface area contributed by atoms with Crippen molar-refractivity contribution in [2.45, 2.75) is 75.0 Å². The van der Waals surface area contributed by atoms with E-state index in [1.807, 2.05) is 17.0 Å². The Kier molecular flexibility index (Phi) is 8.69. The fourth-order valence-corrected chi connectivity index (χ4v) is 7.96. The van der Waals surface area contributed by atoms with Crippen LogP contribution in [0.4, 0.5) is 23.4 Å². The highest BCUT2D eigenvalue weighted by molar-refractivity contribution is 6.31. The topological polar surface area (TPSA) is 85.6 Å². The van der Waals surface area contributed by atoms with Gasteiger partial charge in [0.05, 0.1) is 30.8 Å². The number of aromatic nitrogens is 2. The average Bonchev–Trinajstić information content (AvgIpc) is 3.58. The minimum atomic E-state index is -4.30. The largest absolute Gasteiger partial charge is 0.462 e. The smallest absolute Gasteiger partial charge is 0.401 e. The maximum Gasteiger partial charge on any atom is 0.401 e. The van der Waals surface area contributed by atoms with Crippen molar-refractivity contribution in [2.24, 2.45) is 0 Å². The molecule has 2 saturated heterocycles. The molecule has 45 heavy (non-hydrogen) atoms. The summed E-state index contributed by atoms with van der Waals surface area (Å²) in [5, 5.41) is 10.2. The summed E-state index contributed by atoms with van der Waals surface area (Å²) >= 11 is 6.57. The predicted octanol–water partition coefficient (Wildman–Crippen LogP) is 5.32. The van der Waals surface area contributed by atoms with Crippen LogP contribution in [0.1, 0.15) is 54.5 Å². The summed E-state index contributed by atoms with van der Waals surface area (Å²) in [6.07, 6.45) is 0.908. The summed E-state index contributed by atoms with van der Waals surface area (Å²) in [5.41, 5.74) is 4.01. The zero-order valence-corrected chi connectivity index (χ0v) is 25.6. The van der Waals surface area contributed by atoms with Crippen LogP contribution in [0.15, 0.2) is 30.6 Å². The van der Waals surface area contributed by atoms with Gasteiger partial charge in [0, 0.05) is 41.7 Å². The van der Waals surface area contributed by atoms with Gasteiger partial charge >= 0.3 is 12.2 Å². The van der Waals surface area contributed by atoms with Gasteiger partial charge < -0.3 is 14.5 Å². The summed E-state index contributed by atoms with van der Waals surface area (Å²) in [5.74, 6) is -1.28. The Hall–Kier alpha value is -3.43. The van der Waals surface area contributed by atoms with E-state index in [-0.39, 0.29) is 37.5 Å². The van der Waals surface area contributed by atoms with E-state index < -0.39 is 36.5 Å². The van der Waals surface area contributed by atoms with Crippen LogP contribution >= 0.6 is 11.6 Å². The van der Waals surface area contributed by atoms with Crippen molar-refractivity contribution in [1.29, 1.82) is 5.26 Å². The number of piperazine rings is 1. The molecular formula is C32H35ClF4N6O2. The molecule has 2 aliphatic heterocycles. The summed E-state index contributed by atoms with van der Waals surface area (Å²) in [7, 11) is 0. The first kappa shape index (κ1) is 31.5. The molecule has 3 atom stereocenters. The van der Waals surface area contributed by atoms with Crippen LogP contribution in [0.2, 0.25) is 5.02 Å². The highest BCUT2D eigenvalue weighted by Gasteiger charge is 2.44. The second kappa shape index (κ2) is 12.4. The molecule has 2 aromatic rings. The zero-order valence-electron chi connectivity index (χ0n) is 24.9. The maximum absolute atomic E-state index is 13.8. The van der Waals surface area contributed by atoms with E-state index in [4.69, 9.17) is 26.3 Å². The number of halogens is 5. The van der Waals surface area contributed by atoms with Gasteiger partial charge in [-0.1, -0.05) is 30.3 Å². The molecule has 3 heterocycles. The number of likely N-dealkylation sites (tertiary alicyclic amines) is 1. The number of alkyl halides is 3. The number of anilines is 1. The number of rotatable bonds is 7. The SMILES string of the molecule is C=C(F)C(=O)N1CCN(c2nc(OC[C@@H]3CCCN3CC(F)(F)F)nc3c2CC[C@@]2(CCc4c(Cl)cccc42)C3)C[C@@H]1CC#N. The van der Waals surface area contributed by atoms with Crippen molar-refractivity contribution < 1.29 is 27.1 Å². The molecule has 1 aromatic carbocycles. The highest BCUT2D eigenvalue weighted by Crippen LogP contribution is 2.50. The summed E-state index contributed by atoms with van der Waals surface area (Å²) in [6, 6.07) is 7.23. The summed E-state index contributed by atoms with van der Waals surface area (Å²) < 4.78 is 59.4. The number of fused-ring (bicyclic) bond motifs is 3. The first-order chi connectivity index (χ1) is 21.5. The van der Waals surface area contributed by atoms with Crippen molar-refractivity contribution >= 4 is 23.3 Å². The first-order valence-corrected chi connectivity index (χ1v) is 15.7. The standard InChI is InChI=1S/C32H35ClF4N6O2/c1-20(34)29(44)43-15-14-41(17-21(43)9-12-38)28-24-8-11-31(10-7-23-25(31)5-2-6-26(23)33)16-27(24)39-30(40-28)45-18-22-4-3-13-42(22)19-32(35,36)37/h2,5-6,21-22H,1,3-4,7-11,13-19H2/t21-,22-,31-/m0/s1. The van der Waals surface area contributed by atoms with Crippen molar-refractivity contribution in [3.05, 3.63) is 58.0 Å². The number of nitrogens with zero attached hydrogens (tertiary/aromatic N) is 6. The van der Waals surface area contributed by atoms with E-state index in [1.54, 1.807) is 0 Å². The van der Waals surface area contributed by atoms with Crippen LogP contribution in [-0.2, 0) is 29.5 Å². The number of carbonyl (C=O) groups excluding carboxylic acids is 1. The van der Waals surface area contributed by atoms with Gasteiger partial charge in [0.1, 0.15) is 12.4 Å². The molecule has 1 amide bonds. The van der Waals surface area contributed by atoms with Crippen molar-refractivity contribution in [2.75, 3.05) is 44.2 Å². The third-order valence-corrected chi connectivity index (χ3v) is 10.2. The number of nitriles is 1. The lowest BCUT2D eigenvalue weighted by Crippen LogP contribution is -2.55. The van der Waals surface area contributed by atoms with Gasteiger partial charge in [0.15, 0.2) is 5.83 Å². The molecule has 0 N–H and O–H groups in total. The number of amides is 1. The molecule has 1 spiro atoms. The van der Waals surface area contributed by atoms with E-state index in [1.165, 1.54) is 15.4 Å². The lowest BCUT2D eigenvalue weighted by Gasteiger charge is -2.42. The Labute approximate surface area is 264 Å². The fourth-order valence-electron chi connectivity index (χ4n) is 7.69. The quantitative estimate of drug-likeness (QED) is 0.297. The summed E-state index contributed by atoms with van der Waals surface area (Å²) in [6.45, 7) is 3.29. The minimum absolute atomic E-state index is 0.00350. The lowest BCUT2D eigenvalue weighted by atomic mass is 9.69. The Morgan fingerprint density at radius 3 is 2.67 bits per heavy atom. The second-order valence-corrected chi connectivity index (χ2v) is 12.9. The van der Waals surface area contributed by atoms with Crippen LogP contribution in [0.25, 0.3) is 0 Å². The molecular weight excluding hydrogens is 612 g/mol. The Bertz CT molecular complexity index is 1530. The molecule has 2 fully saturated rings. The minimum Gasteiger partial charge on any atom is -0.462 e. The third-order valence-electron chi connectivity index (χ3n) is 9.84. The first-order valence-electron chi connectivity index (χ1n) is 15.4. The second-order valence-electron chi connectivity index (χ2n) is 12.5. The number of hydrogen-bond donors (Lipinski definition) is 0. The van der Waals surface area contributed by atoms with E-state index in [2.05, 4.69) is 18.7 Å². The Morgan fingerprint density at radius 2 is 1.93 bits per heavy atom. The number of carbonyl (C=O) groups is 1. The molecule has 13 heteroatoms. The number of benzene rings is 1. The van der Waals surface area contributed by atoms with Gasteiger partial charge in [0.2, 0.25) is 0 Å². The molecule has 0 radical (unpaired) electrons. The Balaban J connectivity index is 1.32. The molecule has 240 valence electrons. The fraction of sp³-hybridized carbons (Fsp3) is 0.562. The normalized spacial score (nSPS) is 24.8. The van der Waals surface area contributed by atoms with Crippen LogP contribution in [0.3, 0.4) is 0 Å². The van der Waals surface area contributed by atoms with Crippen LogP contribution in [0, 0.1) is 11.3 Å². The van der Waals surface area contributed by atoms with Gasteiger partial charge in [-0.15, -0.1) is 0 Å². The monoisotopic (exact) mass is 646 g/mol. The van der Waals surface area contributed by atoms with Crippen LogP contribution < -0.4 is 9.64 Å². The van der Waals surface area contributed by atoms with Crippen LogP contribution in [0.5, 0.6) is 6.01 Å². The summed E-state index contributed by atoms with van der Waals surface area (Å²) in [4.78, 5) is 26.9. The van der Waals surface area contributed by atoms with E-state index in [0.29, 0.717) is 44.6 Å². The predicted molar refractivity (Wildman–Crippen MR) is 160 cm³/mol. The van der Waals surface area contributed by atoms with Crippen LogP contribution in [-0.4, -0.2) is 83.3 Å². The third kappa shape index (κ3) is 6.34. The number of hydrogen-bond acceptors (Lipinski definition) is 7. The highest BCUT2D eigenvalue weighted by atomic mass is 35.5. The lowest BCUT2D eigenvalue weighted by molar-refractivity contribution is -0.148. The molecule has 2 aliphatic carbocycles.